The second-order valence-electron chi connectivity index (χ2n) is 9.71. The Morgan fingerprint density at radius 3 is 2.64 bits per heavy atom. The lowest BCUT2D eigenvalue weighted by atomic mass is 9.75. The molecule has 3 heterocycles. The number of aromatic amines is 1. The lowest BCUT2D eigenvalue weighted by molar-refractivity contribution is 0.112. The quantitative estimate of drug-likeness (QED) is 0.881. The number of hydrogen-bond donors (Lipinski definition) is 1. The van der Waals surface area contributed by atoms with Crippen molar-refractivity contribution in [2.24, 2.45) is 0 Å². The van der Waals surface area contributed by atoms with Gasteiger partial charge in [0.25, 0.3) is 5.56 Å². The van der Waals surface area contributed by atoms with Gasteiger partial charge in [-0.25, -0.2) is 4.98 Å². The number of nitrogens with zero attached hydrogens (tertiary/aromatic N) is 4. The molecule has 0 amide bonds. The molecular formula is C22H33N5O. The Bertz CT molecular complexity index is 869. The first-order valence-electron chi connectivity index (χ1n) is 10.6. The zero-order valence-corrected chi connectivity index (χ0v) is 17.7. The molecule has 6 nitrogen and oxygen atoms in total. The van der Waals surface area contributed by atoms with Gasteiger partial charge in [-0.2, -0.15) is 5.10 Å². The first-order valence-corrected chi connectivity index (χ1v) is 10.6. The maximum atomic E-state index is 12.7. The van der Waals surface area contributed by atoms with Gasteiger partial charge in [-0.15, -0.1) is 0 Å². The van der Waals surface area contributed by atoms with E-state index in [0.29, 0.717) is 6.04 Å². The van der Waals surface area contributed by atoms with Crippen LogP contribution in [0.2, 0.25) is 0 Å². The fourth-order valence-electron chi connectivity index (χ4n) is 4.82. The first kappa shape index (κ1) is 19.4. The van der Waals surface area contributed by atoms with Crippen molar-refractivity contribution in [2.75, 3.05) is 13.1 Å². The number of nitrogens with one attached hydrogen (secondary N) is 1. The van der Waals surface area contributed by atoms with Crippen molar-refractivity contribution >= 4 is 0 Å². The highest BCUT2D eigenvalue weighted by molar-refractivity contribution is 5.34. The van der Waals surface area contributed by atoms with Gasteiger partial charge in [0.1, 0.15) is 5.82 Å². The molecule has 4 rings (SSSR count). The third-order valence-corrected chi connectivity index (χ3v) is 6.80. The van der Waals surface area contributed by atoms with E-state index < -0.39 is 0 Å². The molecule has 152 valence electrons. The zero-order chi connectivity index (χ0) is 19.9. The molecular weight excluding hydrogens is 350 g/mol. The van der Waals surface area contributed by atoms with Gasteiger partial charge < -0.3 is 9.88 Å². The Balaban J connectivity index is 1.47. The van der Waals surface area contributed by atoms with E-state index in [1.54, 1.807) is 0 Å². The van der Waals surface area contributed by atoms with E-state index in [1.807, 2.05) is 23.1 Å². The van der Waals surface area contributed by atoms with Crippen LogP contribution in [0.5, 0.6) is 0 Å². The highest BCUT2D eigenvalue weighted by atomic mass is 16.1. The third kappa shape index (κ3) is 3.54. The van der Waals surface area contributed by atoms with Crippen LogP contribution < -0.4 is 5.56 Å². The van der Waals surface area contributed by atoms with Crippen molar-refractivity contribution < 1.29 is 0 Å². The van der Waals surface area contributed by atoms with Crippen LogP contribution in [0.15, 0.2) is 23.3 Å². The first-order chi connectivity index (χ1) is 13.3. The summed E-state index contributed by atoms with van der Waals surface area (Å²) in [6.45, 7) is 11.8. The van der Waals surface area contributed by atoms with E-state index in [0.717, 1.165) is 68.8 Å². The Kier molecular flexibility index (Phi) is 4.94. The Labute approximate surface area is 167 Å². The van der Waals surface area contributed by atoms with Crippen molar-refractivity contribution in [1.29, 1.82) is 0 Å². The number of H-pyrrole nitrogens is 1. The summed E-state index contributed by atoms with van der Waals surface area (Å²) in [4.78, 5) is 23.3. The fourth-order valence-corrected chi connectivity index (χ4v) is 4.82. The summed E-state index contributed by atoms with van der Waals surface area (Å²) in [5.41, 5.74) is 2.08. The molecule has 1 atom stereocenters. The monoisotopic (exact) mass is 383 g/mol. The summed E-state index contributed by atoms with van der Waals surface area (Å²) >= 11 is 0. The van der Waals surface area contributed by atoms with E-state index in [2.05, 4.69) is 42.7 Å². The number of likely N-dealkylation sites (tertiary alicyclic amines) is 1. The van der Waals surface area contributed by atoms with Crippen LogP contribution in [0.3, 0.4) is 0 Å². The van der Waals surface area contributed by atoms with Crippen LogP contribution in [0.4, 0.5) is 0 Å². The van der Waals surface area contributed by atoms with Crippen LogP contribution in [0, 0.1) is 0 Å². The van der Waals surface area contributed by atoms with Crippen LogP contribution in [-0.4, -0.2) is 43.8 Å². The molecule has 0 saturated carbocycles. The fraction of sp³-hybridized carbons (Fsp3) is 0.682. The Hall–Kier alpha value is -1.95. The average Bonchev–Trinajstić information content (AvgIpc) is 3.29. The highest BCUT2D eigenvalue weighted by Crippen LogP contribution is 2.45. The second kappa shape index (κ2) is 7.14. The largest absolute Gasteiger partial charge is 0.310 e. The third-order valence-electron chi connectivity index (χ3n) is 6.80. The molecule has 0 radical (unpaired) electrons. The van der Waals surface area contributed by atoms with Gasteiger partial charge in [-0.1, -0.05) is 20.8 Å². The summed E-state index contributed by atoms with van der Waals surface area (Å²) in [6.07, 6.45) is 9.13. The smallest absolute Gasteiger partial charge is 0.254 e. The molecule has 1 unspecified atom stereocenters. The van der Waals surface area contributed by atoms with Gasteiger partial charge in [-0.3, -0.25) is 9.48 Å². The number of aryl methyl sites for hydroxylation is 1. The summed E-state index contributed by atoms with van der Waals surface area (Å²) < 4.78 is 2.01. The van der Waals surface area contributed by atoms with E-state index in [9.17, 15) is 4.79 Å². The summed E-state index contributed by atoms with van der Waals surface area (Å²) in [5.74, 6) is 0.826. The highest BCUT2D eigenvalue weighted by Gasteiger charge is 2.44. The lowest BCUT2D eigenvalue weighted by Crippen LogP contribution is -2.46. The van der Waals surface area contributed by atoms with Gasteiger partial charge in [0, 0.05) is 41.4 Å². The molecule has 2 aromatic rings. The van der Waals surface area contributed by atoms with Gasteiger partial charge in [0.2, 0.25) is 0 Å². The van der Waals surface area contributed by atoms with Gasteiger partial charge in [0.05, 0.1) is 5.69 Å². The molecule has 1 saturated heterocycles. The maximum Gasteiger partial charge on any atom is 0.254 e. The minimum absolute atomic E-state index is 0.0850. The molecule has 28 heavy (non-hydrogen) atoms. The van der Waals surface area contributed by atoms with Crippen LogP contribution in [-0.2, 0) is 23.8 Å². The molecule has 1 aliphatic heterocycles. The SMILES string of the molecule is CC(CCn1cccn1)N1CCC2(CCc3c2nc(C(C)(C)C)[nH]c3=O)CC1. The van der Waals surface area contributed by atoms with Gasteiger partial charge in [0.15, 0.2) is 0 Å². The van der Waals surface area contributed by atoms with Crippen molar-refractivity contribution in [3.05, 3.63) is 45.9 Å². The van der Waals surface area contributed by atoms with Crippen LogP contribution in [0.25, 0.3) is 0 Å². The van der Waals surface area contributed by atoms with Gasteiger partial charge >= 0.3 is 0 Å². The Morgan fingerprint density at radius 1 is 1.25 bits per heavy atom. The molecule has 1 spiro atoms. The number of piperidine rings is 1. The van der Waals surface area contributed by atoms with E-state index in [1.165, 1.54) is 0 Å². The van der Waals surface area contributed by atoms with Crippen molar-refractivity contribution in [3.63, 3.8) is 0 Å². The number of fused-ring (bicyclic) bond motifs is 2. The standard InChI is InChI=1S/C22H33N5O/c1-16(7-13-27-12-5-11-23-27)26-14-9-22(10-15-26)8-6-17-18(22)24-20(21(2,3)4)25-19(17)28/h5,11-12,16H,6-10,13-15H2,1-4H3,(H,24,25,28). The number of rotatable bonds is 4. The minimum atomic E-state index is -0.139. The van der Waals surface area contributed by atoms with Crippen LogP contribution in [0.1, 0.15) is 70.5 Å². The summed E-state index contributed by atoms with van der Waals surface area (Å²) in [7, 11) is 0. The topological polar surface area (TPSA) is 66.8 Å². The van der Waals surface area contributed by atoms with Crippen molar-refractivity contribution in [1.82, 2.24) is 24.6 Å². The molecule has 1 N–H and O–H groups in total. The normalized spacial score (nSPS) is 20.4. The Morgan fingerprint density at radius 2 is 2.00 bits per heavy atom. The van der Waals surface area contributed by atoms with Crippen LogP contribution >= 0.6 is 0 Å². The molecule has 1 aliphatic carbocycles. The average molecular weight is 384 g/mol. The number of hydrogen-bond acceptors (Lipinski definition) is 4. The summed E-state index contributed by atoms with van der Waals surface area (Å²) in [5, 5.41) is 4.31. The molecule has 2 aromatic heterocycles. The van der Waals surface area contributed by atoms with E-state index >= 15 is 0 Å². The minimum Gasteiger partial charge on any atom is -0.310 e. The molecule has 1 fully saturated rings. The number of aromatic nitrogens is 4. The molecule has 2 aliphatic rings. The second-order valence-corrected chi connectivity index (χ2v) is 9.71. The van der Waals surface area contributed by atoms with Crippen molar-refractivity contribution in [2.45, 2.75) is 83.2 Å². The maximum absolute atomic E-state index is 12.7. The van der Waals surface area contributed by atoms with Gasteiger partial charge in [-0.05, 0) is 58.2 Å². The van der Waals surface area contributed by atoms with Crippen molar-refractivity contribution in [3.8, 4) is 0 Å². The summed E-state index contributed by atoms with van der Waals surface area (Å²) in [6, 6.07) is 2.52. The predicted octanol–water partition coefficient (Wildman–Crippen LogP) is 3.02. The zero-order valence-electron chi connectivity index (χ0n) is 17.7. The lowest BCUT2D eigenvalue weighted by Gasteiger charge is -2.42. The molecule has 6 heteroatoms. The van der Waals surface area contributed by atoms with E-state index in [-0.39, 0.29) is 16.4 Å². The molecule has 0 bridgehead atoms. The molecule has 0 aromatic carbocycles. The predicted molar refractivity (Wildman–Crippen MR) is 111 cm³/mol. The van der Waals surface area contributed by atoms with E-state index in [4.69, 9.17) is 4.98 Å².